The molecule has 1 amide bonds. The number of hydrogen-bond acceptors (Lipinski definition) is 6. The molecule has 2 aromatic rings. The van der Waals surface area contributed by atoms with E-state index in [0.717, 1.165) is 11.3 Å². The molecular weight excluding hydrogens is 374 g/mol. The molecule has 0 aliphatic carbocycles. The molecule has 0 radical (unpaired) electrons. The number of aromatic hydroxyl groups is 1. The predicted octanol–water partition coefficient (Wildman–Crippen LogP) is 2.97. The van der Waals surface area contributed by atoms with Crippen LogP contribution in [-0.4, -0.2) is 49.2 Å². The second kappa shape index (κ2) is 10.4. The van der Waals surface area contributed by atoms with Crippen LogP contribution in [0, 0.1) is 0 Å². The van der Waals surface area contributed by atoms with Crippen molar-refractivity contribution in [3.8, 4) is 23.0 Å². The van der Waals surface area contributed by atoms with E-state index >= 15 is 0 Å². The van der Waals surface area contributed by atoms with Gasteiger partial charge in [-0.3, -0.25) is 9.59 Å². The van der Waals surface area contributed by atoms with Crippen LogP contribution in [0.25, 0.3) is 0 Å². The molecule has 1 heterocycles. The normalized spacial score (nSPS) is 11.7. The minimum Gasteiger partial charge on any atom is -0.508 e. The van der Waals surface area contributed by atoms with Crippen molar-refractivity contribution in [2.24, 2.45) is 0 Å². The van der Waals surface area contributed by atoms with Crippen molar-refractivity contribution in [2.45, 2.75) is 26.7 Å². The molecule has 7 nitrogen and oxygen atoms in total. The molecule has 1 N–H and O–H groups in total. The van der Waals surface area contributed by atoms with Gasteiger partial charge in [-0.15, -0.1) is 0 Å². The maximum Gasteiger partial charge on any atom is 0.315 e. The summed E-state index contributed by atoms with van der Waals surface area (Å²) < 4.78 is 15.1. The molecular formula is C22H27NO6. The Morgan fingerprint density at radius 1 is 1.07 bits per heavy atom. The fourth-order valence-corrected chi connectivity index (χ4v) is 3.07. The molecule has 1 aliphatic rings. The number of likely N-dealkylation sites (N-methyl/N-ethyl adjacent to an activating group) is 1. The Morgan fingerprint density at radius 2 is 1.69 bits per heavy atom. The lowest BCUT2D eigenvalue weighted by Gasteiger charge is -2.19. The van der Waals surface area contributed by atoms with Crippen molar-refractivity contribution in [1.29, 1.82) is 0 Å². The van der Waals surface area contributed by atoms with Gasteiger partial charge in [-0.2, -0.15) is 0 Å². The van der Waals surface area contributed by atoms with Crippen LogP contribution in [0.4, 0.5) is 0 Å². The van der Waals surface area contributed by atoms with Crippen LogP contribution >= 0.6 is 0 Å². The van der Waals surface area contributed by atoms with Crippen LogP contribution in [0.2, 0.25) is 0 Å². The number of phenols is 1. The summed E-state index contributed by atoms with van der Waals surface area (Å²) in [6.45, 7) is 5.21. The van der Waals surface area contributed by atoms with Gasteiger partial charge in [-0.1, -0.05) is 12.1 Å². The molecule has 0 fully saturated rings. The fraction of sp³-hybridized carbons (Fsp3) is 0.364. The third kappa shape index (κ3) is 5.40. The number of benzene rings is 2. The molecule has 0 aromatic heterocycles. The highest BCUT2D eigenvalue weighted by Crippen LogP contribution is 2.33. The van der Waals surface area contributed by atoms with Gasteiger partial charge >= 0.3 is 5.97 Å². The molecule has 1 aliphatic heterocycles. The molecule has 156 valence electrons. The van der Waals surface area contributed by atoms with E-state index in [2.05, 4.69) is 0 Å². The zero-order valence-corrected chi connectivity index (χ0v) is 17.2. The fourth-order valence-electron chi connectivity index (χ4n) is 3.07. The molecule has 0 unspecified atom stereocenters. The van der Waals surface area contributed by atoms with E-state index in [1.165, 1.54) is 7.11 Å². The smallest absolute Gasteiger partial charge is 0.315 e. The number of rotatable bonds is 6. The number of methoxy groups -OCH3 is 2. The Balaban J connectivity index is 0.000000218. The van der Waals surface area contributed by atoms with Crippen LogP contribution in [0.3, 0.4) is 0 Å². The topological polar surface area (TPSA) is 85.3 Å². The second-order valence-corrected chi connectivity index (χ2v) is 6.29. The monoisotopic (exact) mass is 401 g/mol. The lowest BCUT2D eigenvalue weighted by Crippen LogP contribution is -2.31. The maximum atomic E-state index is 12.0. The Morgan fingerprint density at radius 3 is 2.31 bits per heavy atom. The number of amides is 1. The first-order valence-electron chi connectivity index (χ1n) is 9.44. The van der Waals surface area contributed by atoms with Gasteiger partial charge in [-0.25, -0.2) is 0 Å². The Hall–Kier alpha value is -3.22. The van der Waals surface area contributed by atoms with Gasteiger partial charge in [0.25, 0.3) is 0 Å². The van der Waals surface area contributed by atoms with Crippen LogP contribution < -0.4 is 14.2 Å². The lowest BCUT2D eigenvalue weighted by molar-refractivity contribution is -0.132. The van der Waals surface area contributed by atoms with E-state index in [1.807, 2.05) is 19.9 Å². The molecule has 0 spiro atoms. The van der Waals surface area contributed by atoms with Crippen molar-refractivity contribution in [3.05, 3.63) is 47.5 Å². The third-order valence-electron chi connectivity index (χ3n) is 4.63. The Bertz CT molecular complexity index is 860. The van der Waals surface area contributed by atoms with E-state index in [0.29, 0.717) is 36.6 Å². The van der Waals surface area contributed by atoms with E-state index in [-0.39, 0.29) is 24.0 Å². The number of nitrogens with zero attached hydrogens (tertiary/aromatic N) is 1. The van der Waals surface area contributed by atoms with Crippen LogP contribution in [0.1, 0.15) is 25.0 Å². The van der Waals surface area contributed by atoms with Gasteiger partial charge in [0.15, 0.2) is 0 Å². The van der Waals surface area contributed by atoms with Gasteiger partial charge < -0.3 is 24.2 Å². The van der Waals surface area contributed by atoms with Gasteiger partial charge in [0.1, 0.15) is 23.0 Å². The van der Waals surface area contributed by atoms with Crippen molar-refractivity contribution in [2.75, 3.05) is 27.3 Å². The summed E-state index contributed by atoms with van der Waals surface area (Å²) in [5.74, 6) is 1.78. The number of ether oxygens (including phenoxy) is 3. The lowest BCUT2D eigenvalue weighted by atomic mass is 10.1. The quantitative estimate of drug-likeness (QED) is 0.592. The van der Waals surface area contributed by atoms with Crippen molar-refractivity contribution in [1.82, 2.24) is 4.90 Å². The van der Waals surface area contributed by atoms with Crippen LogP contribution in [-0.2, 0) is 22.4 Å². The van der Waals surface area contributed by atoms with Crippen LogP contribution in [0.15, 0.2) is 36.4 Å². The zero-order chi connectivity index (χ0) is 21.4. The maximum absolute atomic E-state index is 12.0. The summed E-state index contributed by atoms with van der Waals surface area (Å²) >= 11 is 0. The first-order valence-corrected chi connectivity index (χ1v) is 9.44. The first-order chi connectivity index (χ1) is 13.9. The van der Waals surface area contributed by atoms with Crippen molar-refractivity contribution < 1.29 is 28.9 Å². The van der Waals surface area contributed by atoms with E-state index in [1.54, 1.807) is 42.3 Å². The molecule has 3 rings (SSSR count). The summed E-state index contributed by atoms with van der Waals surface area (Å²) in [6.07, 6.45) is 0.483. The minimum absolute atomic E-state index is 0.00481. The Labute approximate surface area is 170 Å². The van der Waals surface area contributed by atoms with Crippen molar-refractivity contribution >= 4 is 11.9 Å². The molecule has 29 heavy (non-hydrogen) atoms. The summed E-state index contributed by atoms with van der Waals surface area (Å²) in [5, 5.41) is 9.75. The average Bonchev–Trinajstić information content (AvgIpc) is 3.11. The molecule has 0 saturated heterocycles. The minimum atomic E-state index is -0.213. The summed E-state index contributed by atoms with van der Waals surface area (Å²) in [6, 6.07) is 10.4. The predicted molar refractivity (Wildman–Crippen MR) is 109 cm³/mol. The molecule has 7 heteroatoms. The molecule has 0 atom stereocenters. The summed E-state index contributed by atoms with van der Waals surface area (Å²) in [7, 11) is 3.11. The largest absolute Gasteiger partial charge is 0.508 e. The molecule has 0 bridgehead atoms. The first kappa shape index (κ1) is 22.1. The highest BCUT2D eigenvalue weighted by molar-refractivity contribution is 5.82. The second-order valence-electron chi connectivity index (χ2n) is 6.29. The van der Waals surface area contributed by atoms with E-state index in [9.17, 15) is 14.7 Å². The number of carbonyl (C=O) groups excluding carboxylic acids is 2. The van der Waals surface area contributed by atoms with E-state index in [4.69, 9.17) is 14.2 Å². The molecule has 2 aromatic carbocycles. The van der Waals surface area contributed by atoms with Gasteiger partial charge in [-0.05, 0) is 38.1 Å². The van der Waals surface area contributed by atoms with Crippen LogP contribution in [0.5, 0.6) is 23.0 Å². The van der Waals surface area contributed by atoms with Crippen molar-refractivity contribution in [3.63, 3.8) is 0 Å². The third-order valence-corrected chi connectivity index (χ3v) is 4.63. The SMILES string of the molecule is CCN(CC)C(=O)Cc1c(O)cccc1OC.COc1cccc2c1CC(=O)O2. The number of carbonyl (C=O) groups is 2. The van der Waals surface area contributed by atoms with Gasteiger partial charge in [0.2, 0.25) is 5.91 Å². The van der Waals surface area contributed by atoms with E-state index < -0.39 is 0 Å². The highest BCUT2D eigenvalue weighted by atomic mass is 16.5. The average molecular weight is 401 g/mol. The molecule has 0 saturated carbocycles. The highest BCUT2D eigenvalue weighted by Gasteiger charge is 2.23. The summed E-state index contributed by atoms with van der Waals surface area (Å²) in [5.41, 5.74) is 1.40. The zero-order valence-electron chi connectivity index (χ0n) is 17.2. The Kier molecular flexibility index (Phi) is 7.88. The number of hydrogen-bond donors (Lipinski definition) is 1. The number of phenolic OH excluding ortho intramolecular Hbond substituents is 1. The summed E-state index contributed by atoms with van der Waals surface area (Å²) in [4.78, 5) is 24.6. The van der Waals surface area contributed by atoms with Gasteiger partial charge in [0.05, 0.1) is 27.1 Å². The standard InChI is InChI=1S/C13H19NO3.C9H8O3/c1-4-14(5-2)13(16)9-10-11(15)7-6-8-12(10)17-3;1-11-7-3-2-4-8-6(7)5-9(10)12-8/h6-8,15H,4-5,9H2,1-3H3;2-4H,5H2,1H3. The number of esters is 1. The number of fused-ring (bicyclic) bond motifs is 1. The van der Waals surface area contributed by atoms with Gasteiger partial charge in [0, 0.05) is 24.2 Å².